The molecule has 17 heavy (non-hydrogen) atoms. The first-order valence-electron chi connectivity index (χ1n) is 5.52. The Labute approximate surface area is 105 Å². The Morgan fingerprint density at radius 1 is 1.35 bits per heavy atom. The van der Waals surface area contributed by atoms with E-state index in [2.05, 4.69) is 17.9 Å². The van der Waals surface area contributed by atoms with Gasteiger partial charge in [0.05, 0.1) is 0 Å². The zero-order valence-corrected chi connectivity index (χ0v) is 10.2. The molecule has 0 atom stereocenters. The van der Waals surface area contributed by atoms with E-state index in [0.29, 0.717) is 31.6 Å². The Morgan fingerprint density at radius 2 is 2.18 bits per heavy atom. The highest BCUT2D eigenvalue weighted by Gasteiger charge is 2.19. The minimum absolute atomic E-state index is 0.00301. The van der Waals surface area contributed by atoms with E-state index in [1.54, 1.807) is 23.1 Å². The van der Waals surface area contributed by atoms with Crippen LogP contribution in [0, 0.1) is 0 Å². The Hall–Kier alpha value is -1.49. The predicted molar refractivity (Wildman–Crippen MR) is 67.2 cm³/mol. The fourth-order valence-electron chi connectivity index (χ4n) is 1.79. The number of carbonyl (C=O) groups excluding carboxylic acids is 2. The largest absolute Gasteiger partial charge is 0.354 e. The van der Waals surface area contributed by atoms with Gasteiger partial charge in [-0.2, -0.15) is 0 Å². The Balaban J connectivity index is 2.11. The average molecular weight is 250 g/mol. The molecule has 0 aliphatic carbocycles. The topological polar surface area (TPSA) is 49.4 Å². The first-order valence-corrected chi connectivity index (χ1v) is 5.96. The van der Waals surface area contributed by atoms with E-state index >= 15 is 0 Å². The molecule has 0 bridgehead atoms. The molecule has 1 N–H and O–H groups in total. The Morgan fingerprint density at radius 3 is 2.94 bits per heavy atom. The van der Waals surface area contributed by atoms with Crippen molar-refractivity contribution in [1.29, 1.82) is 0 Å². The van der Waals surface area contributed by atoms with Gasteiger partial charge >= 0.3 is 0 Å². The van der Waals surface area contributed by atoms with Crippen molar-refractivity contribution in [2.75, 3.05) is 19.6 Å². The molecule has 1 aromatic rings. The molecule has 4 nitrogen and oxygen atoms in total. The predicted octanol–water partition coefficient (Wildman–Crippen LogP) is 0.937. The average Bonchev–Trinajstić information content (AvgIpc) is 2.53. The summed E-state index contributed by atoms with van der Waals surface area (Å²) in [5.74, 6) is -0.0411. The zero-order valence-electron chi connectivity index (χ0n) is 9.35. The third kappa shape index (κ3) is 3.00. The maximum atomic E-state index is 12.2. The van der Waals surface area contributed by atoms with Gasteiger partial charge in [0, 0.05) is 36.5 Å². The Bertz CT molecular complexity index is 448. The van der Waals surface area contributed by atoms with Crippen LogP contribution in [0.5, 0.6) is 0 Å². The van der Waals surface area contributed by atoms with E-state index in [9.17, 15) is 9.59 Å². The second-order valence-corrected chi connectivity index (χ2v) is 4.46. The fourth-order valence-corrected chi connectivity index (χ4v) is 2.02. The highest BCUT2D eigenvalue weighted by Crippen LogP contribution is 2.12. The number of nitrogens with zero attached hydrogens (tertiary/aromatic N) is 1. The molecular weight excluding hydrogens is 236 g/mol. The maximum absolute atomic E-state index is 12.2. The van der Waals surface area contributed by atoms with Crippen molar-refractivity contribution in [1.82, 2.24) is 10.2 Å². The fraction of sp³-hybridized carbons (Fsp3) is 0.333. The Kier molecular flexibility index (Phi) is 3.68. The lowest BCUT2D eigenvalue weighted by atomic mass is 10.2. The summed E-state index contributed by atoms with van der Waals surface area (Å²) in [6.45, 7) is 1.55. The van der Waals surface area contributed by atoms with Crippen molar-refractivity contribution in [2.45, 2.75) is 11.3 Å². The third-order valence-electron chi connectivity index (χ3n) is 2.69. The van der Waals surface area contributed by atoms with Crippen LogP contribution in [0.3, 0.4) is 0 Å². The molecule has 90 valence electrons. The second-order valence-electron chi connectivity index (χ2n) is 3.94. The number of hydrogen-bond donors (Lipinski definition) is 2. The number of benzene rings is 1. The van der Waals surface area contributed by atoms with Crippen LogP contribution in [-0.4, -0.2) is 36.3 Å². The highest BCUT2D eigenvalue weighted by molar-refractivity contribution is 7.80. The van der Waals surface area contributed by atoms with Crippen LogP contribution in [0.2, 0.25) is 0 Å². The molecule has 0 radical (unpaired) electrons. The minimum atomic E-state index is -0.0441. The van der Waals surface area contributed by atoms with Crippen molar-refractivity contribution in [3.05, 3.63) is 29.8 Å². The standard InChI is InChI=1S/C12H14N2O2S/c15-11-4-6-14(7-5-13-11)12(16)9-2-1-3-10(17)8-9/h1-3,8,17H,4-7H2,(H,13,15). The summed E-state index contributed by atoms with van der Waals surface area (Å²) >= 11 is 4.21. The normalized spacial score (nSPS) is 16.3. The number of amides is 2. The van der Waals surface area contributed by atoms with Gasteiger partial charge in [-0.15, -0.1) is 12.6 Å². The van der Waals surface area contributed by atoms with Gasteiger partial charge in [-0.05, 0) is 18.2 Å². The van der Waals surface area contributed by atoms with Gasteiger partial charge in [0.25, 0.3) is 5.91 Å². The van der Waals surface area contributed by atoms with Gasteiger partial charge in [-0.3, -0.25) is 9.59 Å². The maximum Gasteiger partial charge on any atom is 0.253 e. The smallest absolute Gasteiger partial charge is 0.253 e. The van der Waals surface area contributed by atoms with Gasteiger partial charge in [0.2, 0.25) is 5.91 Å². The zero-order chi connectivity index (χ0) is 12.3. The van der Waals surface area contributed by atoms with E-state index < -0.39 is 0 Å². The first-order chi connectivity index (χ1) is 8.16. The monoisotopic (exact) mass is 250 g/mol. The van der Waals surface area contributed by atoms with Crippen molar-refractivity contribution in [2.24, 2.45) is 0 Å². The quantitative estimate of drug-likeness (QED) is 0.729. The first kappa shape index (κ1) is 12.0. The minimum Gasteiger partial charge on any atom is -0.354 e. The summed E-state index contributed by atoms with van der Waals surface area (Å²) in [6, 6.07) is 7.14. The summed E-state index contributed by atoms with van der Waals surface area (Å²) in [4.78, 5) is 25.8. The number of thiol groups is 1. The molecule has 5 heteroatoms. The van der Waals surface area contributed by atoms with Gasteiger partial charge in [-0.25, -0.2) is 0 Å². The molecule has 0 unspecified atom stereocenters. The molecule has 2 amide bonds. The van der Waals surface area contributed by atoms with Gasteiger partial charge < -0.3 is 10.2 Å². The molecule has 1 saturated heterocycles. The van der Waals surface area contributed by atoms with Crippen LogP contribution >= 0.6 is 12.6 Å². The number of rotatable bonds is 1. The van der Waals surface area contributed by atoms with Crippen LogP contribution in [0.1, 0.15) is 16.8 Å². The number of nitrogens with one attached hydrogen (secondary N) is 1. The van der Waals surface area contributed by atoms with E-state index in [4.69, 9.17) is 0 Å². The molecule has 1 aromatic carbocycles. The van der Waals surface area contributed by atoms with Gasteiger partial charge in [-0.1, -0.05) is 6.07 Å². The molecule has 2 rings (SSSR count). The van der Waals surface area contributed by atoms with Crippen molar-refractivity contribution >= 4 is 24.4 Å². The van der Waals surface area contributed by atoms with Crippen molar-refractivity contribution < 1.29 is 9.59 Å². The third-order valence-corrected chi connectivity index (χ3v) is 2.97. The summed E-state index contributed by atoms with van der Waals surface area (Å²) in [5.41, 5.74) is 0.617. The number of hydrogen-bond acceptors (Lipinski definition) is 3. The molecule has 1 fully saturated rings. The van der Waals surface area contributed by atoms with Crippen molar-refractivity contribution in [3.8, 4) is 0 Å². The van der Waals surface area contributed by atoms with E-state index in [1.165, 1.54) is 0 Å². The lowest BCUT2D eigenvalue weighted by Gasteiger charge is -2.19. The molecule has 1 aliphatic rings. The highest BCUT2D eigenvalue weighted by atomic mass is 32.1. The summed E-state index contributed by atoms with van der Waals surface area (Å²) in [7, 11) is 0. The summed E-state index contributed by atoms with van der Waals surface area (Å²) in [5, 5.41) is 2.74. The van der Waals surface area contributed by atoms with Crippen LogP contribution in [0.4, 0.5) is 0 Å². The van der Waals surface area contributed by atoms with Crippen molar-refractivity contribution in [3.63, 3.8) is 0 Å². The van der Waals surface area contributed by atoms with E-state index in [-0.39, 0.29) is 11.8 Å². The van der Waals surface area contributed by atoms with Crippen LogP contribution in [0.15, 0.2) is 29.2 Å². The summed E-state index contributed by atoms with van der Waals surface area (Å²) in [6.07, 6.45) is 0.367. The van der Waals surface area contributed by atoms with Crippen LogP contribution in [-0.2, 0) is 4.79 Å². The second kappa shape index (κ2) is 5.23. The van der Waals surface area contributed by atoms with E-state index in [0.717, 1.165) is 4.90 Å². The molecule has 1 aliphatic heterocycles. The lowest BCUT2D eigenvalue weighted by molar-refractivity contribution is -0.120. The van der Waals surface area contributed by atoms with Gasteiger partial charge in [0.15, 0.2) is 0 Å². The van der Waals surface area contributed by atoms with Gasteiger partial charge in [0.1, 0.15) is 0 Å². The molecule has 0 aromatic heterocycles. The molecular formula is C12H14N2O2S. The van der Waals surface area contributed by atoms with Crippen LogP contribution in [0.25, 0.3) is 0 Å². The summed E-state index contributed by atoms with van der Waals surface area (Å²) < 4.78 is 0. The lowest BCUT2D eigenvalue weighted by Crippen LogP contribution is -2.34. The SMILES string of the molecule is O=C1CCN(C(=O)c2cccc(S)c2)CCN1. The molecule has 0 saturated carbocycles. The molecule has 0 spiro atoms. The van der Waals surface area contributed by atoms with Crippen LogP contribution < -0.4 is 5.32 Å². The molecule has 1 heterocycles. The number of carbonyl (C=O) groups is 2. The van der Waals surface area contributed by atoms with E-state index in [1.807, 2.05) is 6.07 Å².